The van der Waals surface area contributed by atoms with Gasteiger partial charge >= 0.3 is 0 Å². The van der Waals surface area contributed by atoms with Crippen molar-refractivity contribution in [2.75, 3.05) is 11.8 Å². The highest BCUT2D eigenvalue weighted by atomic mass is 32.2. The van der Waals surface area contributed by atoms with Crippen molar-refractivity contribution in [2.45, 2.75) is 18.4 Å². The summed E-state index contributed by atoms with van der Waals surface area (Å²) in [6.45, 7) is 1.90. The zero-order valence-electron chi connectivity index (χ0n) is 16.1. The van der Waals surface area contributed by atoms with Crippen LogP contribution in [0, 0.1) is 12.7 Å². The van der Waals surface area contributed by atoms with Gasteiger partial charge in [0.05, 0.1) is 16.1 Å². The average molecular weight is 412 g/mol. The van der Waals surface area contributed by atoms with Gasteiger partial charge in [0.25, 0.3) is 15.9 Å². The van der Waals surface area contributed by atoms with E-state index in [1.807, 2.05) is 30.3 Å². The van der Waals surface area contributed by atoms with E-state index in [2.05, 4.69) is 4.72 Å². The van der Waals surface area contributed by atoms with E-state index in [-0.39, 0.29) is 27.6 Å². The van der Waals surface area contributed by atoms with Crippen LogP contribution in [0.5, 0.6) is 0 Å². The molecule has 0 spiro atoms. The summed E-state index contributed by atoms with van der Waals surface area (Å²) < 4.78 is 41.4. The molecule has 0 aliphatic carbocycles. The molecule has 1 amide bonds. The second-order valence-electron chi connectivity index (χ2n) is 6.71. The normalized spacial score (nSPS) is 11.1. The Kier molecular flexibility index (Phi) is 5.98. The third-order valence-corrected chi connectivity index (χ3v) is 5.96. The van der Waals surface area contributed by atoms with Gasteiger partial charge in [0.2, 0.25) is 0 Å². The molecule has 3 aromatic rings. The summed E-state index contributed by atoms with van der Waals surface area (Å²) in [4.78, 5) is 14.4. The quantitative estimate of drug-likeness (QED) is 0.660. The third-order valence-electron chi connectivity index (χ3n) is 4.44. The molecule has 7 heteroatoms. The molecule has 3 aromatic carbocycles. The van der Waals surface area contributed by atoms with Crippen molar-refractivity contribution < 1.29 is 17.6 Å². The number of benzene rings is 3. The molecule has 29 heavy (non-hydrogen) atoms. The molecule has 1 N–H and O–H groups in total. The number of hydrogen-bond acceptors (Lipinski definition) is 3. The first-order valence-corrected chi connectivity index (χ1v) is 10.4. The van der Waals surface area contributed by atoms with Gasteiger partial charge in [0.15, 0.2) is 0 Å². The van der Waals surface area contributed by atoms with Crippen molar-refractivity contribution in [1.29, 1.82) is 0 Å². The van der Waals surface area contributed by atoms with Gasteiger partial charge in [-0.3, -0.25) is 9.52 Å². The van der Waals surface area contributed by atoms with Crippen LogP contribution in [0.2, 0.25) is 0 Å². The maximum absolute atomic E-state index is 13.3. The molecular formula is C22H21FN2O3S. The highest BCUT2D eigenvalue weighted by Crippen LogP contribution is 2.24. The Morgan fingerprint density at radius 3 is 2.34 bits per heavy atom. The Morgan fingerprint density at radius 2 is 1.66 bits per heavy atom. The molecule has 0 saturated heterocycles. The number of nitrogens with one attached hydrogen (secondary N) is 1. The Labute approximate surface area is 169 Å². The van der Waals surface area contributed by atoms with Crippen molar-refractivity contribution in [2.24, 2.45) is 0 Å². The van der Waals surface area contributed by atoms with Crippen LogP contribution in [-0.4, -0.2) is 26.3 Å². The lowest BCUT2D eigenvalue weighted by Gasteiger charge is -2.20. The lowest BCUT2D eigenvalue weighted by molar-refractivity contribution is 0.0786. The minimum absolute atomic E-state index is 0.0428. The van der Waals surface area contributed by atoms with E-state index in [1.54, 1.807) is 25.2 Å². The number of hydrogen-bond donors (Lipinski definition) is 1. The molecule has 0 saturated carbocycles. The van der Waals surface area contributed by atoms with Crippen molar-refractivity contribution in [1.82, 2.24) is 4.90 Å². The van der Waals surface area contributed by atoms with Crippen LogP contribution < -0.4 is 4.72 Å². The zero-order chi connectivity index (χ0) is 21.0. The van der Waals surface area contributed by atoms with E-state index in [1.165, 1.54) is 24.0 Å². The van der Waals surface area contributed by atoms with E-state index < -0.39 is 15.8 Å². The third kappa shape index (κ3) is 4.81. The number of carbonyl (C=O) groups excluding carboxylic acids is 1. The molecular weight excluding hydrogens is 391 g/mol. The first-order valence-electron chi connectivity index (χ1n) is 8.95. The molecule has 0 aliphatic heterocycles. The summed E-state index contributed by atoms with van der Waals surface area (Å²) in [5.41, 5.74) is 1.64. The summed E-state index contributed by atoms with van der Waals surface area (Å²) >= 11 is 0. The SMILES string of the molecule is Cc1cc(F)ccc1S(=O)(=O)Nc1ccccc1C(=O)N(C)Cc1ccccc1. The largest absolute Gasteiger partial charge is 0.337 e. The molecule has 0 aromatic heterocycles. The zero-order valence-corrected chi connectivity index (χ0v) is 16.9. The van der Waals surface area contributed by atoms with Crippen LogP contribution in [0.15, 0.2) is 77.7 Å². The molecule has 150 valence electrons. The van der Waals surface area contributed by atoms with Crippen molar-refractivity contribution in [3.05, 3.63) is 95.3 Å². The molecule has 0 fully saturated rings. The van der Waals surface area contributed by atoms with E-state index in [9.17, 15) is 17.6 Å². The summed E-state index contributed by atoms with van der Waals surface area (Å²) in [5, 5.41) is 0. The fourth-order valence-corrected chi connectivity index (χ4v) is 4.31. The highest BCUT2D eigenvalue weighted by Gasteiger charge is 2.22. The average Bonchev–Trinajstić information content (AvgIpc) is 2.68. The number of rotatable bonds is 6. The number of sulfonamides is 1. The van der Waals surface area contributed by atoms with Crippen LogP contribution in [-0.2, 0) is 16.6 Å². The van der Waals surface area contributed by atoms with E-state index in [0.717, 1.165) is 17.7 Å². The van der Waals surface area contributed by atoms with E-state index >= 15 is 0 Å². The topological polar surface area (TPSA) is 66.5 Å². The van der Waals surface area contributed by atoms with E-state index in [4.69, 9.17) is 0 Å². The maximum atomic E-state index is 13.3. The first kappa shape index (κ1) is 20.5. The highest BCUT2D eigenvalue weighted by molar-refractivity contribution is 7.92. The van der Waals surface area contributed by atoms with Gasteiger partial charge in [0.1, 0.15) is 5.82 Å². The Balaban J connectivity index is 1.87. The Bertz CT molecular complexity index is 1130. The van der Waals surface area contributed by atoms with Gasteiger partial charge in [0, 0.05) is 13.6 Å². The predicted octanol–water partition coefficient (Wildman–Crippen LogP) is 4.21. The van der Waals surface area contributed by atoms with Crippen LogP contribution in [0.3, 0.4) is 0 Å². The number of anilines is 1. The standard InChI is InChI=1S/C22H21FN2O3S/c1-16-14-18(23)12-13-21(16)29(27,28)24-20-11-7-6-10-19(20)22(26)25(2)15-17-8-4-3-5-9-17/h3-14,24H,15H2,1-2H3. The molecule has 5 nitrogen and oxygen atoms in total. The maximum Gasteiger partial charge on any atom is 0.262 e. The van der Waals surface area contributed by atoms with Crippen LogP contribution in [0.25, 0.3) is 0 Å². The van der Waals surface area contributed by atoms with Crippen LogP contribution in [0.1, 0.15) is 21.5 Å². The van der Waals surface area contributed by atoms with Gasteiger partial charge < -0.3 is 4.90 Å². The number of aryl methyl sites for hydroxylation is 1. The van der Waals surface area contributed by atoms with Gasteiger partial charge in [-0.25, -0.2) is 12.8 Å². The van der Waals surface area contributed by atoms with Gasteiger partial charge in [-0.15, -0.1) is 0 Å². The number of halogens is 1. The lowest BCUT2D eigenvalue weighted by atomic mass is 10.1. The molecule has 0 unspecified atom stereocenters. The molecule has 0 heterocycles. The number of carbonyl (C=O) groups is 1. The van der Waals surface area contributed by atoms with Gasteiger partial charge in [-0.1, -0.05) is 42.5 Å². The second-order valence-corrected chi connectivity index (χ2v) is 8.36. The van der Waals surface area contributed by atoms with Crippen molar-refractivity contribution in [3.8, 4) is 0 Å². The number of amides is 1. The molecule has 0 atom stereocenters. The summed E-state index contributed by atoms with van der Waals surface area (Å²) in [5.74, 6) is -0.831. The summed E-state index contributed by atoms with van der Waals surface area (Å²) in [6.07, 6.45) is 0. The van der Waals surface area contributed by atoms with Gasteiger partial charge in [-0.2, -0.15) is 0 Å². The van der Waals surface area contributed by atoms with Gasteiger partial charge in [-0.05, 0) is 48.4 Å². The van der Waals surface area contributed by atoms with Crippen LogP contribution >= 0.6 is 0 Å². The number of nitrogens with zero attached hydrogens (tertiary/aromatic N) is 1. The lowest BCUT2D eigenvalue weighted by Crippen LogP contribution is -2.27. The minimum Gasteiger partial charge on any atom is -0.337 e. The summed E-state index contributed by atoms with van der Waals surface area (Å²) in [6, 6.07) is 19.4. The molecule has 0 aliphatic rings. The van der Waals surface area contributed by atoms with Crippen molar-refractivity contribution >= 4 is 21.6 Å². The molecule has 3 rings (SSSR count). The van der Waals surface area contributed by atoms with E-state index in [0.29, 0.717) is 6.54 Å². The molecule has 0 radical (unpaired) electrons. The summed E-state index contributed by atoms with van der Waals surface area (Å²) in [7, 11) is -2.33. The fourth-order valence-electron chi connectivity index (χ4n) is 3.01. The Morgan fingerprint density at radius 1 is 1.00 bits per heavy atom. The smallest absolute Gasteiger partial charge is 0.262 e. The van der Waals surface area contributed by atoms with Crippen molar-refractivity contribution in [3.63, 3.8) is 0 Å². The second kappa shape index (κ2) is 8.45. The minimum atomic E-state index is -3.99. The Hall–Kier alpha value is -3.19. The van der Waals surface area contributed by atoms with Crippen LogP contribution in [0.4, 0.5) is 10.1 Å². The molecule has 0 bridgehead atoms. The predicted molar refractivity (Wildman–Crippen MR) is 111 cm³/mol. The monoisotopic (exact) mass is 412 g/mol. The first-order chi connectivity index (χ1) is 13.8. The fraction of sp³-hybridized carbons (Fsp3) is 0.136. The number of para-hydroxylation sites is 1.